The molecule has 1 N–H and O–H groups in total. The van der Waals surface area contributed by atoms with Crippen molar-refractivity contribution in [1.82, 2.24) is 19.7 Å². The summed E-state index contributed by atoms with van der Waals surface area (Å²) < 4.78 is 16.5. The lowest BCUT2D eigenvalue weighted by molar-refractivity contribution is -0.380. The zero-order valence-electron chi connectivity index (χ0n) is 17.7. The first-order valence-corrected chi connectivity index (χ1v) is 11.9. The topological polar surface area (TPSA) is 116 Å². The van der Waals surface area contributed by atoms with Crippen LogP contribution in [0.25, 0.3) is 22.4 Å². The third-order valence-corrected chi connectivity index (χ3v) is 7.04. The normalized spacial score (nSPS) is 14.4. The van der Waals surface area contributed by atoms with E-state index in [1.165, 1.54) is 30.3 Å². The number of halogens is 2. The number of aromatic nitrogens is 4. The van der Waals surface area contributed by atoms with Crippen LogP contribution in [0.15, 0.2) is 36.5 Å². The highest BCUT2D eigenvalue weighted by atomic mass is 35.5. The minimum Gasteiger partial charge on any atom is -0.305 e. The van der Waals surface area contributed by atoms with Crippen molar-refractivity contribution in [3.05, 3.63) is 62.4 Å². The number of benzene rings is 1. The van der Waals surface area contributed by atoms with Gasteiger partial charge in [0.1, 0.15) is 11.6 Å². The van der Waals surface area contributed by atoms with E-state index in [0.717, 1.165) is 43.4 Å². The van der Waals surface area contributed by atoms with Crippen LogP contribution < -0.4 is 5.32 Å². The van der Waals surface area contributed by atoms with Crippen LogP contribution in [0.3, 0.4) is 0 Å². The third kappa shape index (κ3) is 4.24. The minimum atomic E-state index is -0.568. The molecular weight excluding hydrogens is 483 g/mol. The van der Waals surface area contributed by atoms with Gasteiger partial charge < -0.3 is 5.32 Å². The van der Waals surface area contributed by atoms with E-state index in [0.29, 0.717) is 16.1 Å². The predicted molar refractivity (Wildman–Crippen MR) is 127 cm³/mol. The molecular formula is C22H18ClFN6O3S. The molecule has 3 heterocycles. The maximum atomic E-state index is 14.7. The number of carbonyl (C=O) groups excluding carboxylic acids is 1. The van der Waals surface area contributed by atoms with Crippen LogP contribution in [0.4, 0.5) is 15.2 Å². The standard InChI is InChI=1S/C22H18ClFN6O3S/c23-12-6-7-16(24)14(10-12)19-26-20(28-22(31)17-8-9-18(34-17)30(32)33)15-11-25-29(21(15)27-19)13-4-2-1-3-5-13/h6-11,13H,1-5H2,(H,26,27,28,31). The number of nitrogens with one attached hydrogen (secondary N) is 1. The number of carbonyl (C=O) groups is 1. The van der Waals surface area contributed by atoms with E-state index < -0.39 is 16.6 Å². The van der Waals surface area contributed by atoms with E-state index in [1.54, 1.807) is 6.20 Å². The fourth-order valence-corrected chi connectivity index (χ4v) is 5.01. The number of rotatable bonds is 5. The summed E-state index contributed by atoms with van der Waals surface area (Å²) in [7, 11) is 0. The number of hydrogen-bond acceptors (Lipinski definition) is 7. The van der Waals surface area contributed by atoms with Gasteiger partial charge in [-0.15, -0.1) is 0 Å². The number of fused-ring (bicyclic) bond motifs is 1. The van der Waals surface area contributed by atoms with Gasteiger partial charge in [0.25, 0.3) is 5.91 Å². The van der Waals surface area contributed by atoms with Gasteiger partial charge in [0.2, 0.25) is 0 Å². The SMILES string of the molecule is O=C(Nc1nc(-c2cc(Cl)ccc2F)nc2c1cnn2C1CCCCC1)c1ccc([N+](=O)[O-])s1. The minimum absolute atomic E-state index is 0.0533. The van der Waals surface area contributed by atoms with Crippen molar-refractivity contribution in [2.45, 2.75) is 38.1 Å². The molecule has 1 saturated carbocycles. The first-order valence-electron chi connectivity index (χ1n) is 10.7. The lowest BCUT2D eigenvalue weighted by Gasteiger charge is -2.22. The molecule has 0 radical (unpaired) electrons. The molecule has 0 saturated heterocycles. The second-order valence-electron chi connectivity index (χ2n) is 7.99. The molecule has 12 heteroatoms. The molecule has 34 heavy (non-hydrogen) atoms. The summed E-state index contributed by atoms with van der Waals surface area (Å²) in [5, 5.41) is 18.9. The number of nitro groups is 1. The lowest BCUT2D eigenvalue weighted by Crippen LogP contribution is -2.16. The largest absolute Gasteiger partial charge is 0.324 e. The van der Waals surface area contributed by atoms with Crippen molar-refractivity contribution in [2.75, 3.05) is 5.32 Å². The van der Waals surface area contributed by atoms with Gasteiger partial charge in [0, 0.05) is 11.1 Å². The Morgan fingerprint density at radius 3 is 2.74 bits per heavy atom. The summed E-state index contributed by atoms with van der Waals surface area (Å²) in [6.45, 7) is 0. The van der Waals surface area contributed by atoms with Gasteiger partial charge in [-0.05, 0) is 37.1 Å². The lowest BCUT2D eigenvalue weighted by atomic mass is 9.96. The fraction of sp³-hybridized carbons (Fsp3) is 0.273. The van der Waals surface area contributed by atoms with Crippen molar-refractivity contribution in [1.29, 1.82) is 0 Å². The van der Waals surface area contributed by atoms with Gasteiger partial charge >= 0.3 is 5.00 Å². The van der Waals surface area contributed by atoms with E-state index in [-0.39, 0.29) is 33.1 Å². The molecule has 0 atom stereocenters. The van der Waals surface area contributed by atoms with E-state index in [2.05, 4.69) is 20.4 Å². The van der Waals surface area contributed by atoms with Crippen molar-refractivity contribution in [3.8, 4) is 11.4 Å². The Balaban J connectivity index is 1.61. The quantitative estimate of drug-likeness (QED) is 0.265. The van der Waals surface area contributed by atoms with Gasteiger partial charge in [-0.2, -0.15) is 5.10 Å². The summed E-state index contributed by atoms with van der Waals surface area (Å²) in [5.41, 5.74) is 0.566. The number of hydrogen-bond donors (Lipinski definition) is 1. The van der Waals surface area contributed by atoms with Crippen molar-refractivity contribution < 1.29 is 14.1 Å². The van der Waals surface area contributed by atoms with Crippen LogP contribution in [0.1, 0.15) is 47.8 Å². The molecule has 174 valence electrons. The fourth-order valence-electron chi connectivity index (χ4n) is 4.12. The maximum Gasteiger partial charge on any atom is 0.324 e. The molecule has 9 nitrogen and oxygen atoms in total. The Morgan fingerprint density at radius 2 is 2.00 bits per heavy atom. The van der Waals surface area contributed by atoms with Gasteiger partial charge in [0.05, 0.1) is 33.0 Å². The summed E-state index contributed by atoms with van der Waals surface area (Å²) in [6, 6.07) is 6.86. The molecule has 0 unspecified atom stereocenters. The zero-order valence-corrected chi connectivity index (χ0v) is 19.3. The molecule has 1 aromatic carbocycles. The van der Waals surface area contributed by atoms with Gasteiger partial charge in [0.15, 0.2) is 11.5 Å². The van der Waals surface area contributed by atoms with Crippen LogP contribution >= 0.6 is 22.9 Å². The molecule has 4 aromatic rings. The third-order valence-electron chi connectivity index (χ3n) is 5.77. The Bertz CT molecular complexity index is 1420. The second-order valence-corrected chi connectivity index (χ2v) is 9.49. The molecule has 0 bridgehead atoms. The molecule has 1 fully saturated rings. The van der Waals surface area contributed by atoms with Crippen molar-refractivity contribution >= 4 is 50.7 Å². The van der Waals surface area contributed by atoms with Crippen LogP contribution in [-0.4, -0.2) is 30.6 Å². The molecule has 0 aliphatic heterocycles. The van der Waals surface area contributed by atoms with E-state index in [9.17, 15) is 19.3 Å². The van der Waals surface area contributed by atoms with Gasteiger partial charge in [-0.25, -0.2) is 19.0 Å². The highest BCUT2D eigenvalue weighted by Crippen LogP contribution is 2.34. The molecule has 3 aromatic heterocycles. The smallest absolute Gasteiger partial charge is 0.305 e. The van der Waals surface area contributed by atoms with E-state index in [4.69, 9.17) is 11.6 Å². The Kier molecular flexibility index (Phi) is 5.96. The molecule has 1 amide bonds. The first-order chi connectivity index (χ1) is 16.4. The number of anilines is 1. The average Bonchev–Trinajstić information content (AvgIpc) is 3.49. The zero-order chi connectivity index (χ0) is 23.8. The van der Waals surface area contributed by atoms with Crippen LogP contribution in [0.5, 0.6) is 0 Å². The number of thiophene rings is 1. The summed E-state index contributed by atoms with van der Waals surface area (Å²) >= 11 is 6.84. The Labute approximate surface area is 201 Å². The molecule has 1 aliphatic carbocycles. The molecule has 5 rings (SSSR count). The van der Waals surface area contributed by atoms with Crippen LogP contribution in [-0.2, 0) is 0 Å². The summed E-state index contributed by atoms with van der Waals surface area (Å²) in [6.07, 6.45) is 6.79. The monoisotopic (exact) mass is 500 g/mol. The van der Waals surface area contributed by atoms with Gasteiger partial charge in [-0.3, -0.25) is 14.9 Å². The highest BCUT2D eigenvalue weighted by molar-refractivity contribution is 7.17. The Morgan fingerprint density at radius 1 is 1.21 bits per heavy atom. The number of amides is 1. The Hall–Kier alpha value is -3.44. The predicted octanol–water partition coefficient (Wildman–Crippen LogP) is 6.01. The summed E-state index contributed by atoms with van der Waals surface area (Å²) in [4.78, 5) is 32.5. The molecule has 1 aliphatic rings. The summed E-state index contributed by atoms with van der Waals surface area (Å²) in [5.74, 6) is -0.931. The highest BCUT2D eigenvalue weighted by Gasteiger charge is 2.24. The van der Waals surface area contributed by atoms with Crippen molar-refractivity contribution in [2.24, 2.45) is 0 Å². The second kappa shape index (κ2) is 9.07. The average molecular weight is 501 g/mol. The van der Waals surface area contributed by atoms with Crippen LogP contribution in [0, 0.1) is 15.9 Å². The maximum absolute atomic E-state index is 14.7. The molecule has 0 spiro atoms. The van der Waals surface area contributed by atoms with Crippen molar-refractivity contribution in [3.63, 3.8) is 0 Å². The first kappa shape index (κ1) is 22.4. The van der Waals surface area contributed by atoms with Gasteiger partial charge in [-0.1, -0.05) is 42.2 Å². The van der Waals surface area contributed by atoms with E-state index >= 15 is 0 Å². The van der Waals surface area contributed by atoms with E-state index in [1.807, 2.05) is 4.68 Å². The van der Waals surface area contributed by atoms with Crippen LogP contribution in [0.2, 0.25) is 5.02 Å². The number of nitrogens with zero attached hydrogens (tertiary/aromatic N) is 5.